The average molecular weight is 191 g/mol. The lowest BCUT2D eigenvalue weighted by molar-refractivity contribution is -0.151. The molecule has 0 aromatic heterocycles. The summed E-state index contributed by atoms with van der Waals surface area (Å²) >= 11 is 0. The van der Waals surface area contributed by atoms with Gasteiger partial charge < -0.3 is 15.2 Å². The molecule has 0 unspecified atom stereocenters. The van der Waals surface area contributed by atoms with Crippen molar-refractivity contribution in [2.75, 3.05) is 13.5 Å². The first kappa shape index (κ1) is 11.8. The zero-order valence-corrected chi connectivity index (χ0v) is 7.06. The van der Waals surface area contributed by atoms with E-state index < -0.39 is 18.0 Å². The summed E-state index contributed by atoms with van der Waals surface area (Å²) in [5, 5.41) is 0. The predicted molar refractivity (Wildman–Crippen MR) is 42.9 cm³/mol. The number of nitrogens with two attached hydrogens (primary N) is 3. The first-order valence-corrected chi connectivity index (χ1v) is 3.59. The maximum absolute atomic E-state index is 10.8. The van der Waals surface area contributed by atoms with Gasteiger partial charge in [-0.2, -0.15) is 0 Å². The van der Waals surface area contributed by atoms with Crippen molar-refractivity contribution in [2.24, 2.45) is 17.2 Å². The summed E-state index contributed by atoms with van der Waals surface area (Å²) in [4.78, 5) is 21.6. The minimum absolute atomic E-state index is 0.239. The monoisotopic (exact) mass is 191 g/mol. The highest BCUT2D eigenvalue weighted by molar-refractivity contribution is 5.82. The van der Waals surface area contributed by atoms with Crippen LogP contribution in [0.1, 0.15) is 6.42 Å². The van der Waals surface area contributed by atoms with Gasteiger partial charge in [0, 0.05) is 0 Å². The molecule has 76 valence electrons. The molecule has 0 aliphatic heterocycles. The van der Waals surface area contributed by atoms with E-state index in [4.69, 9.17) is 17.2 Å². The van der Waals surface area contributed by atoms with E-state index in [0.717, 1.165) is 0 Å². The molecule has 0 aliphatic carbocycles. The fourth-order valence-electron chi connectivity index (χ4n) is 0.604. The lowest BCUT2D eigenvalue weighted by Crippen LogP contribution is -2.36. The van der Waals surface area contributed by atoms with E-state index in [2.05, 4.69) is 9.47 Å². The fourth-order valence-corrected chi connectivity index (χ4v) is 0.604. The highest BCUT2D eigenvalue weighted by atomic mass is 16.5. The molecule has 0 aliphatic rings. The normalized spacial score (nSPS) is 11.9. The van der Waals surface area contributed by atoms with Crippen molar-refractivity contribution in [3.05, 3.63) is 0 Å². The minimum Gasteiger partial charge on any atom is -0.450 e. The molecule has 7 heteroatoms. The van der Waals surface area contributed by atoms with Gasteiger partial charge >= 0.3 is 11.9 Å². The Morgan fingerprint density at radius 3 is 2.15 bits per heavy atom. The van der Waals surface area contributed by atoms with Crippen LogP contribution in [0.3, 0.4) is 0 Å². The SMILES string of the molecule is NCOC(=O)C[C@H](N)C(=O)OCN. The van der Waals surface area contributed by atoms with Gasteiger partial charge in [-0.05, 0) is 0 Å². The lowest BCUT2D eigenvalue weighted by Gasteiger charge is -2.08. The number of carbonyl (C=O) groups excluding carboxylic acids is 2. The van der Waals surface area contributed by atoms with Gasteiger partial charge in [0.15, 0.2) is 0 Å². The molecule has 0 aromatic carbocycles. The number of carbonyl (C=O) groups is 2. The van der Waals surface area contributed by atoms with Crippen LogP contribution < -0.4 is 17.2 Å². The molecular formula is C6H13N3O4. The van der Waals surface area contributed by atoms with E-state index in [-0.39, 0.29) is 19.9 Å². The Hall–Kier alpha value is -1.18. The highest BCUT2D eigenvalue weighted by Gasteiger charge is 2.19. The van der Waals surface area contributed by atoms with Crippen LogP contribution in [0.5, 0.6) is 0 Å². The lowest BCUT2D eigenvalue weighted by atomic mass is 10.2. The van der Waals surface area contributed by atoms with Crippen LogP contribution in [0.15, 0.2) is 0 Å². The number of rotatable bonds is 5. The fraction of sp³-hybridized carbons (Fsp3) is 0.667. The van der Waals surface area contributed by atoms with Crippen LogP contribution in [-0.2, 0) is 19.1 Å². The maximum Gasteiger partial charge on any atom is 0.324 e. The third kappa shape index (κ3) is 5.12. The van der Waals surface area contributed by atoms with Crippen LogP contribution in [0.25, 0.3) is 0 Å². The van der Waals surface area contributed by atoms with E-state index in [1.165, 1.54) is 0 Å². The zero-order chi connectivity index (χ0) is 10.3. The van der Waals surface area contributed by atoms with Crippen molar-refractivity contribution in [3.8, 4) is 0 Å². The van der Waals surface area contributed by atoms with E-state index in [0.29, 0.717) is 0 Å². The van der Waals surface area contributed by atoms with Crippen LogP contribution in [0.2, 0.25) is 0 Å². The average Bonchev–Trinajstić information content (AvgIpc) is 2.05. The molecule has 7 nitrogen and oxygen atoms in total. The molecule has 0 fully saturated rings. The minimum atomic E-state index is -1.05. The van der Waals surface area contributed by atoms with E-state index in [9.17, 15) is 9.59 Å². The van der Waals surface area contributed by atoms with Crippen molar-refractivity contribution in [1.82, 2.24) is 0 Å². The Kier molecular flexibility index (Phi) is 5.77. The standard InChI is InChI=1S/C6H13N3O4/c7-2-12-5(10)1-4(9)6(11)13-3-8/h4H,1-3,7-9H2/t4-/m0/s1. The van der Waals surface area contributed by atoms with E-state index in [1.807, 2.05) is 0 Å². The van der Waals surface area contributed by atoms with Gasteiger partial charge in [-0.3, -0.25) is 21.1 Å². The molecular weight excluding hydrogens is 178 g/mol. The molecule has 0 aromatic rings. The Bertz CT molecular complexity index is 185. The molecule has 0 radical (unpaired) electrons. The molecule has 0 amide bonds. The molecule has 0 heterocycles. The predicted octanol–water partition coefficient (Wildman–Crippen LogP) is -2.38. The maximum atomic E-state index is 10.8. The molecule has 6 N–H and O–H groups in total. The number of hydrogen-bond acceptors (Lipinski definition) is 7. The molecule has 13 heavy (non-hydrogen) atoms. The van der Waals surface area contributed by atoms with Crippen LogP contribution in [0, 0.1) is 0 Å². The second-order valence-electron chi connectivity index (χ2n) is 2.12. The first-order chi connectivity index (χ1) is 6.11. The van der Waals surface area contributed by atoms with Crippen molar-refractivity contribution in [2.45, 2.75) is 12.5 Å². The summed E-state index contributed by atoms with van der Waals surface area (Å²) in [6.07, 6.45) is -0.268. The molecule has 0 saturated carbocycles. The van der Waals surface area contributed by atoms with E-state index >= 15 is 0 Å². The van der Waals surface area contributed by atoms with Crippen molar-refractivity contribution in [3.63, 3.8) is 0 Å². The van der Waals surface area contributed by atoms with Gasteiger partial charge in [-0.25, -0.2) is 0 Å². The summed E-state index contributed by atoms with van der Waals surface area (Å²) in [7, 11) is 0. The number of esters is 2. The highest BCUT2D eigenvalue weighted by Crippen LogP contribution is 1.93. The second kappa shape index (κ2) is 6.35. The molecule has 0 spiro atoms. The van der Waals surface area contributed by atoms with Crippen LogP contribution in [-0.4, -0.2) is 31.4 Å². The molecule has 0 saturated heterocycles. The molecule has 0 bridgehead atoms. The zero-order valence-electron chi connectivity index (χ0n) is 7.06. The Balaban J connectivity index is 3.78. The van der Waals surface area contributed by atoms with Gasteiger partial charge in [-0.1, -0.05) is 0 Å². The topological polar surface area (TPSA) is 131 Å². The van der Waals surface area contributed by atoms with Crippen LogP contribution in [0.4, 0.5) is 0 Å². The Labute approximate surface area is 75.1 Å². The molecule has 1 atom stereocenters. The first-order valence-electron chi connectivity index (χ1n) is 3.59. The van der Waals surface area contributed by atoms with Crippen molar-refractivity contribution < 1.29 is 19.1 Å². The summed E-state index contributed by atoms with van der Waals surface area (Å²) < 4.78 is 8.72. The third-order valence-electron chi connectivity index (χ3n) is 1.16. The number of hydrogen-bond donors (Lipinski definition) is 3. The summed E-state index contributed by atoms with van der Waals surface area (Å²) in [6.45, 7) is -0.504. The van der Waals surface area contributed by atoms with Gasteiger partial charge in [0.1, 0.15) is 19.5 Å². The molecule has 0 rings (SSSR count). The summed E-state index contributed by atoms with van der Waals surface area (Å²) in [5.41, 5.74) is 15.1. The van der Waals surface area contributed by atoms with Crippen LogP contribution >= 0.6 is 0 Å². The van der Waals surface area contributed by atoms with Gasteiger partial charge in [-0.15, -0.1) is 0 Å². The van der Waals surface area contributed by atoms with Crippen molar-refractivity contribution in [1.29, 1.82) is 0 Å². The second-order valence-corrected chi connectivity index (χ2v) is 2.12. The quantitative estimate of drug-likeness (QED) is 0.326. The Morgan fingerprint density at radius 1 is 1.15 bits per heavy atom. The Morgan fingerprint density at radius 2 is 1.69 bits per heavy atom. The van der Waals surface area contributed by atoms with Gasteiger partial charge in [0.2, 0.25) is 0 Å². The smallest absolute Gasteiger partial charge is 0.324 e. The van der Waals surface area contributed by atoms with Crippen molar-refractivity contribution >= 4 is 11.9 Å². The number of ether oxygens (including phenoxy) is 2. The largest absolute Gasteiger partial charge is 0.450 e. The van der Waals surface area contributed by atoms with Gasteiger partial charge in [0.05, 0.1) is 6.42 Å². The van der Waals surface area contributed by atoms with E-state index in [1.54, 1.807) is 0 Å². The summed E-state index contributed by atoms with van der Waals surface area (Å²) in [5.74, 6) is -1.39. The third-order valence-corrected chi connectivity index (χ3v) is 1.16. The summed E-state index contributed by atoms with van der Waals surface area (Å²) in [6, 6.07) is -1.05. The van der Waals surface area contributed by atoms with Gasteiger partial charge in [0.25, 0.3) is 0 Å².